The number of halogens is 3. The van der Waals surface area contributed by atoms with Gasteiger partial charge in [-0.05, 0) is 38.2 Å². The van der Waals surface area contributed by atoms with Crippen LogP contribution in [0.5, 0.6) is 0 Å². The topological polar surface area (TPSA) is 9.23 Å². The van der Waals surface area contributed by atoms with Crippen molar-refractivity contribution >= 4 is 49.2 Å². The fourth-order valence-corrected chi connectivity index (χ4v) is 3.63. The van der Waals surface area contributed by atoms with Crippen molar-refractivity contribution in [1.29, 1.82) is 0 Å². The van der Waals surface area contributed by atoms with Crippen LogP contribution in [0, 0.1) is 0 Å². The third kappa shape index (κ3) is 5.48. The maximum absolute atomic E-state index is 6.09. The number of alkyl halides is 3. The Morgan fingerprint density at radius 1 is 1.05 bits per heavy atom. The first-order valence-corrected chi connectivity index (χ1v) is 10.6. The van der Waals surface area contributed by atoms with E-state index in [1.807, 2.05) is 42.5 Å². The van der Waals surface area contributed by atoms with Crippen LogP contribution in [0.2, 0.25) is 19.6 Å². The molecule has 0 aliphatic heterocycles. The molecule has 0 aliphatic rings. The quantitative estimate of drug-likeness (QED) is 0.507. The maximum atomic E-state index is 6.09. The van der Waals surface area contributed by atoms with Gasteiger partial charge in [-0.3, -0.25) is 0 Å². The van der Waals surface area contributed by atoms with Crippen molar-refractivity contribution in [2.75, 3.05) is 0 Å². The molecule has 1 aromatic carbocycles. The Balaban J connectivity index is 3.03. The van der Waals surface area contributed by atoms with Crippen LogP contribution in [0.15, 0.2) is 36.4 Å². The van der Waals surface area contributed by atoms with Crippen LogP contribution in [0.3, 0.4) is 0 Å². The van der Waals surface area contributed by atoms with Gasteiger partial charge >= 0.3 is 0 Å². The van der Waals surface area contributed by atoms with Crippen LogP contribution < -0.4 is 0 Å². The molecule has 0 fully saturated rings. The second kappa shape index (κ2) is 6.19. The summed E-state index contributed by atoms with van der Waals surface area (Å²) in [6, 6.07) is 9.87. The monoisotopic (exact) mass is 336 g/mol. The predicted molar refractivity (Wildman–Crippen MR) is 88.6 cm³/mol. The fraction of sp³-hybridized carbons (Fsp3) is 0.429. The Bertz CT molecular complexity index is 434. The van der Waals surface area contributed by atoms with Crippen LogP contribution in [-0.2, 0) is 4.43 Å². The summed E-state index contributed by atoms with van der Waals surface area (Å²) in [5.74, 6) is 0. The van der Waals surface area contributed by atoms with Crippen molar-refractivity contribution in [3.63, 3.8) is 0 Å². The molecule has 1 rings (SSSR count). The van der Waals surface area contributed by atoms with Gasteiger partial charge in [-0.2, -0.15) is 0 Å². The summed E-state index contributed by atoms with van der Waals surface area (Å²) in [7, 11) is -1.85. The molecular weight excluding hydrogens is 319 g/mol. The molecule has 1 unspecified atom stereocenters. The maximum Gasteiger partial charge on any atom is 0.221 e. The average Bonchev–Trinajstić information content (AvgIpc) is 2.24. The van der Waals surface area contributed by atoms with Gasteiger partial charge in [0.15, 0.2) is 8.32 Å². The van der Waals surface area contributed by atoms with E-state index in [-0.39, 0.29) is 0 Å². The Morgan fingerprint density at radius 3 is 2.00 bits per heavy atom. The highest BCUT2D eigenvalue weighted by Crippen LogP contribution is 2.43. The van der Waals surface area contributed by atoms with Gasteiger partial charge in [-0.25, -0.2) is 0 Å². The molecule has 5 heteroatoms. The van der Waals surface area contributed by atoms with Gasteiger partial charge in [0.2, 0.25) is 3.79 Å². The second-order valence-corrected chi connectivity index (χ2v) is 12.3. The minimum absolute atomic E-state index is 0.946. The van der Waals surface area contributed by atoms with Gasteiger partial charge in [0.25, 0.3) is 0 Å². The van der Waals surface area contributed by atoms with E-state index in [0.29, 0.717) is 0 Å². The van der Waals surface area contributed by atoms with E-state index in [1.54, 1.807) is 6.92 Å². The fourth-order valence-electron chi connectivity index (χ4n) is 1.64. The summed E-state index contributed by atoms with van der Waals surface area (Å²) in [5.41, 5.74) is 0.0972. The van der Waals surface area contributed by atoms with Crippen molar-refractivity contribution in [3.8, 4) is 0 Å². The Kier molecular flexibility index (Phi) is 5.56. The second-order valence-electron chi connectivity index (χ2n) is 5.56. The Labute approximate surface area is 131 Å². The van der Waals surface area contributed by atoms with Gasteiger partial charge < -0.3 is 4.43 Å². The van der Waals surface area contributed by atoms with Crippen molar-refractivity contribution in [3.05, 3.63) is 42.0 Å². The summed E-state index contributed by atoms with van der Waals surface area (Å²) in [6.45, 7) is 8.01. The Morgan fingerprint density at radius 2 is 1.58 bits per heavy atom. The molecular formula is C14H19Cl3OSi. The molecule has 0 heterocycles. The van der Waals surface area contributed by atoms with Crippen LogP contribution in [0.1, 0.15) is 12.5 Å². The third-order valence-corrected chi connectivity index (χ3v) is 4.64. The first-order chi connectivity index (χ1) is 8.54. The van der Waals surface area contributed by atoms with Gasteiger partial charge in [0.1, 0.15) is 5.60 Å². The van der Waals surface area contributed by atoms with Crippen molar-refractivity contribution in [1.82, 2.24) is 0 Å². The molecule has 0 spiro atoms. The highest BCUT2D eigenvalue weighted by atomic mass is 35.6. The Hall–Kier alpha value is 0.00688. The van der Waals surface area contributed by atoms with Crippen LogP contribution >= 0.6 is 34.8 Å². The molecule has 0 aliphatic carbocycles. The lowest BCUT2D eigenvalue weighted by Crippen LogP contribution is -2.48. The molecule has 0 saturated heterocycles. The van der Waals surface area contributed by atoms with Crippen LogP contribution in [0.4, 0.5) is 0 Å². The zero-order valence-corrected chi connectivity index (χ0v) is 14.9. The van der Waals surface area contributed by atoms with Crippen molar-refractivity contribution < 1.29 is 4.43 Å². The highest BCUT2D eigenvalue weighted by Gasteiger charge is 2.46. The smallest absolute Gasteiger partial charge is 0.221 e. The van der Waals surface area contributed by atoms with Gasteiger partial charge in [0, 0.05) is 0 Å². The first-order valence-electron chi connectivity index (χ1n) is 6.05. The van der Waals surface area contributed by atoms with Crippen molar-refractivity contribution in [2.45, 2.75) is 36.0 Å². The predicted octanol–water partition coefficient (Wildman–Crippen LogP) is 5.68. The SMILES string of the molecule is CC(/C=C/c1ccccc1)(O[Si](C)(C)C)C(Cl)(Cl)Cl. The molecule has 0 radical (unpaired) electrons. The van der Waals surface area contributed by atoms with E-state index >= 15 is 0 Å². The molecule has 0 aromatic heterocycles. The molecule has 1 atom stereocenters. The first kappa shape index (κ1) is 17.1. The molecule has 0 saturated carbocycles. The summed E-state index contributed by atoms with van der Waals surface area (Å²) < 4.78 is 4.55. The lowest BCUT2D eigenvalue weighted by atomic mass is 10.1. The molecule has 0 bridgehead atoms. The summed E-state index contributed by atoms with van der Waals surface area (Å²) in [4.78, 5) is 0. The van der Waals surface area contributed by atoms with Gasteiger partial charge in [-0.15, -0.1) is 0 Å². The minimum atomic E-state index is -1.85. The lowest BCUT2D eigenvalue weighted by molar-refractivity contribution is 0.137. The summed E-state index contributed by atoms with van der Waals surface area (Å²) >= 11 is 18.3. The van der Waals surface area contributed by atoms with E-state index in [2.05, 4.69) is 19.6 Å². The number of hydrogen-bond acceptors (Lipinski definition) is 1. The lowest BCUT2D eigenvalue weighted by Gasteiger charge is -2.39. The van der Waals surface area contributed by atoms with Gasteiger partial charge in [0.05, 0.1) is 0 Å². The van der Waals surface area contributed by atoms with Crippen LogP contribution in [0.25, 0.3) is 6.08 Å². The number of hydrogen-bond donors (Lipinski definition) is 0. The molecule has 1 nitrogen and oxygen atoms in total. The molecule has 106 valence electrons. The zero-order valence-electron chi connectivity index (χ0n) is 11.6. The van der Waals surface area contributed by atoms with E-state index in [0.717, 1.165) is 5.56 Å². The molecule has 1 aromatic rings. The minimum Gasteiger partial charge on any atom is -0.405 e. The average molecular weight is 338 g/mol. The zero-order chi connectivity index (χ0) is 14.7. The third-order valence-electron chi connectivity index (χ3n) is 2.47. The van der Waals surface area contributed by atoms with E-state index in [1.165, 1.54) is 0 Å². The van der Waals surface area contributed by atoms with Crippen LogP contribution in [-0.4, -0.2) is 17.7 Å². The molecule has 19 heavy (non-hydrogen) atoms. The standard InChI is InChI=1S/C14H19Cl3OSi/c1-13(14(15,16)17,18-19(2,3)4)11-10-12-8-6-5-7-9-12/h5-11H,1-4H3/b11-10+. The summed E-state index contributed by atoms with van der Waals surface area (Å²) in [5, 5.41) is 0. The largest absolute Gasteiger partial charge is 0.405 e. The van der Waals surface area contributed by atoms with E-state index in [9.17, 15) is 0 Å². The molecule has 0 N–H and O–H groups in total. The molecule has 0 amide bonds. The summed E-state index contributed by atoms with van der Waals surface area (Å²) in [6.07, 6.45) is 3.75. The van der Waals surface area contributed by atoms with E-state index < -0.39 is 17.7 Å². The van der Waals surface area contributed by atoms with E-state index in [4.69, 9.17) is 39.2 Å². The van der Waals surface area contributed by atoms with Crippen molar-refractivity contribution in [2.24, 2.45) is 0 Å². The number of benzene rings is 1. The van der Waals surface area contributed by atoms with Gasteiger partial charge in [-0.1, -0.05) is 71.2 Å². The number of rotatable bonds is 4. The normalized spacial score (nSPS) is 16.6. The highest BCUT2D eigenvalue weighted by molar-refractivity contribution is 6.71.